The van der Waals surface area contributed by atoms with E-state index in [0.717, 1.165) is 6.42 Å². The summed E-state index contributed by atoms with van der Waals surface area (Å²) in [7, 11) is 1.35. The van der Waals surface area contributed by atoms with Gasteiger partial charge in [0.05, 0.1) is 18.4 Å². The van der Waals surface area contributed by atoms with Crippen LogP contribution in [-0.2, 0) is 14.3 Å². The third kappa shape index (κ3) is 2.30. The molecule has 1 N–H and O–H groups in total. The van der Waals surface area contributed by atoms with E-state index in [0.29, 0.717) is 25.7 Å². The van der Waals surface area contributed by atoms with Gasteiger partial charge in [-0.05, 0) is 25.7 Å². The Morgan fingerprint density at radius 2 is 2.20 bits per heavy atom. The highest BCUT2D eigenvalue weighted by Crippen LogP contribution is 2.45. The zero-order valence-corrected chi connectivity index (χ0v) is 9.28. The fraction of sp³-hybridized carbons (Fsp3) is 0.818. The van der Waals surface area contributed by atoms with Gasteiger partial charge in [0.25, 0.3) is 0 Å². The van der Waals surface area contributed by atoms with Crippen LogP contribution in [-0.4, -0.2) is 24.2 Å². The molecule has 0 spiro atoms. The first-order chi connectivity index (χ1) is 7.05. The minimum Gasteiger partial charge on any atom is -0.481 e. The lowest BCUT2D eigenvalue weighted by atomic mass is 9.81. The number of esters is 1. The van der Waals surface area contributed by atoms with Gasteiger partial charge in [0.15, 0.2) is 0 Å². The monoisotopic (exact) mass is 214 g/mol. The van der Waals surface area contributed by atoms with E-state index in [-0.39, 0.29) is 11.9 Å². The molecule has 2 atom stereocenters. The number of hydrogen-bond acceptors (Lipinski definition) is 3. The van der Waals surface area contributed by atoms with Crippen LogP contribution in [0.4, 0.5) is 0 Å². The van der Waals surface area contributed by atoms with Crippen molar-refractivity contribution in [2.24, 2.45) is 11.3 Å². The van der Waals surface area contributed by atoms with Gasteiger partial charge in [-0.2, -0.15) is 0 Å². The van der Waals surface area contributed by atoms with Crippen molar-refractivity contribution in [1.29, 1.82) is 0 Å². The van der Waals surface area contributed by atoms with E-state index in [1.165, 1.54) is 7.11 Å². The zero-order chi connectivity index (χ0) is 11.5. The number of carbonyl (C=O) groups excluding carboxylic acids is 1. The van der Waals surface area contributed by atoms with Gasteiger partial charge in [0, 0.05) is 0 Å². The minimum atomic E-state index is -0.768. The van der Waals surface area contributed by atoms with Crippen LogP contribution in [0.25, 0.3) is 0 Å². The molecule has 4 nitrogen and oxygen atoms in total. The summed E-state index contributed by atoms with van der Waals surface area (Å²) in [4.78, 5) is 22.5. The van der Waals surface area contributed by atoms with Crippen LogP contribution in [0.1, 0.15) is 39.0 Å². The van der Waals surface area contributed by atoms with Crippen molar-refractivity contribution >= 4 is 11.9 Å². The molecule has 0 aromatic carbocycles. The zero-order valence-electron chi connectivity index (χ0n) is 9.28. The molecule has 0 heterocycles. The van der Waals surface area contributed by atoms with Crippen molar-refractivity contribution in [1.82, 2.24) is 0 Å². The van der Waals surface area contributed by atoms with Crippen LogP contribution in [0.5, 0.6) is 0 Å². The minimum absolute atomic E-state index is 0.224. The smallest absolute Gasteiger partial charge is 0.309 e. The molecule has 4 heteroatoms. The first-order valence-corrected chi connectivity index (χ1v) is 5.37. The molecule has 0 aromatic rings. The molecular weight excluding hydrogens is 196 g/mol. The van der Waals surface area contributed by atoms with Crippen LogP contribution < -0.4 is 0 Å². The molecule has 0 aromatic heterocycles. The fourth-order valence-electron chi connectivity index (χ4n) is 2.50. The molecule has 1 rings (SSSR count). The number of aliphatic carboxylic acids is 1. The van der Waals surface area contributed by atoms with E-state index in [1.807, 2.05) is 6.92 Å². The highest BCUT2D eigenvalue weighted by Gasteiger charge is 2.47. The van der Waals surface area contributed by atoms with Crippen LogP contribution >= 0.6 is 0 Å². The lowest BCUT2D eigenvalue weighted by Gasteiger charge is -2.23. The molecular formula is C11H18O4. The molecule has 1 unspecified atom stereocenters. The third-order valence-corrected chi connectivity index (χ3v) is 3.33. The highest BCUT2D eigenvalue weighted by molar-refractivity contribution is 5.79. The Kier molecular flexibility index (Phi) is 3.72. The number of hydrogen-bond donors (Lipinski definition) is 1. The maximum absolute atomic E-state index is 11.3. The summed E-state index contributed by atoms with van der Waals surface area (Å²) in [5.41, 5.74) is -0.687. The van der Waals surface area contributed by atoms with Crippen LogP contribution in [0.3, 0.4) is 0 Å². The molecule has 0 bridgehead atoms. The van der Waals surface area contributed by atoms with Gasteiger partial charge in [-0.3, -0.25) is 9.59 Å². The van der Waals surface area contributed by atoms with Crippen molar-refractivity contribution in [3.8, 4) is 0 Å². The molecule has 1 aliphatic carbocycles. The number of ether oxygens (including phenoxy) is 1. The molecule has 0 amide bonds. The average Bonchev–Trinajstić information content (AvgIpc) is 2.63. The van der Waals surface area contributed by atoms with E-state index in [2.05, 4.69) is 4.74 Å². The van der Waals surface area contributed by atoms with Gasteiger partial charge in [0.2, 0.25) is 0 Å². The Balaban J connectivity index is 2.72. The summed E-state index contributed by atoms with van der Waals surface area (Å²) in [6.07, 6.45) is 3.15. The topological polar surface area (TPSA) is 63.6 Å². The number of carbonyl (C=O) groups is 2. The summed E-state index contributed by atoms with van der Waals surface area (Å²) < 4.78 is 4.65. The third-order valence-electron chi connectivity index (χ3n) is 3.33. The van der Waals surface area contributed by atoms with E-state index >= 15 is 0 Å². The van der Waals surface area contributed by atoms with Gasteiger partial charge in [0.1, 0.15) is 0 Å². The van der Waals surface area contributed by atoms with Crippen molar-refractivity contribution in [2.45, 2.75) is 39.0 Å². The molecule has 15 heavy (non-hydrogen) atoms. The average molecular weight is 214 g/mol. The van der Waals surface area contributed by atoms with Crippen LogP contribution in [0.15, 0.2) is 0 Å². The highest BCUT2D eigenvalue weighted by atomic mass is 16.5. The fourth-order valence-corrected chi connectivity index (χ4v) is 2.50. The predicted octanol–water partition coefficient (Wildman–Crippen LogP) is 1.83. The summed E-state index contributed by atoms with van der Waals surface area (Å²) in [6.45, 7) is 1.97. The van der Waals surface area contributed by atoms with Crippen molar-refractivity contribution < 1.29 is 19.4 Å². The number of carboxylic acid groups (broad SMARTS) is 1. The summed E-state index contributed by atoms with van der Waals surface area (Å²) >= 11 is 0. The molecule has 0 radical (unpaired) electrons. The Labute approximate surface area is 89.6 Å². The van der Waals surface area contributed by atoms with Gasteiger partial charge in [-0.25, -0.2) is 0 Å². The Morgan fingerprint density at radius 3 is 2.67 bits per heavy atom. The van der Waals surface area contributed by atoms with Crippen molar-refractivity contribution in [3.05, 3.63) is 0 Å². The van der Waals surface area contributed by atoms with Crippen molar-refractivity contribution in [2.75, 3.05) is 7.11 Å². The number of methoxy groups -OCH3 is 1. The van der Waals surface area contributed by atoms with E-state index < -0.39 is 11.4 Å². The first kappa shape index (κ1) is 12.0. The van der Waals surface area contributed by atoms with Gasteiger partial charge >= 0.3 is 11.9 Å². The Morgan fingerprint density at radius 1 is 1.53 bits per heavy atom. The van der Waals surface area contributed by atoms with Gasteiger partial charge in [-0.15, -0.1) is 0 Å². The van der Waals surface area contributed by atoms with Gasteiger partial charge < -0.3 is 9.84 Å². The largest absolute Gasteiger partial charge is 0.481 e. The lowest BCUT2D eigenvalue weighted by Crippen LogP contribution is -2.29. The summed E-state index contributed by atoms with van der Waals surface area (Å²) in [5.74, 6) is -1.26. The second-order valence-corrected chi connectivity index (χ2v) is 4.30. The molecule has 0 aliphatic heterocycles. The van der Waals surface area contributed by atoms with Crippen LogP contribution in [0, 0.1) is 11.3 Å². The Bertz CT molecular complexity index is 261. The molecule has 86 valence electrons. The summed E-state index contributed by atoms with van der Waals surface area (Å²) in [6, 6.07) is 0. The first-order valence-electron chi connectivity index (χ1n) is 5.37. The quantitative estimate of drug-likeness (QED) is 0.725. The molecule has 1 fully saturated rings. The maximum atomic E-state index is 11.3. The second-order valence-electron chi connectivity index (χ2n) is 4.30. The number of carboxylic acids is 1. The standard InChI is InChI=1S/C11H18O4/c1-3-5-11(10(13)14)6-4-8(7-11)9(12)15-2/h8H,3-7H2,1-2H3,(H,13,14)/t8?,11-/m0/s1. The van der Waals surface area contributed by atoms with E-state index in [4.69, 9.17) is 0 Å². The molecule has 0 saturated heterocycles. The second kappa shape index (κ2) is 4.64. The van der Waals surface area contributed by atoms with E-state index in [1.54, 1.807) is 0 Å². The summed E-state index contributed by atoms with van der Waals surface area (Å²) in [5, 5.41) is 9.22. The SMILES string of the molecule is CCC[C@]1(C(=O)O)CCC(C(=O)OC)C1. The van der Waals surface area contributed by atoms with Gasteiger partial charge in [-0.1, -0.05) is 13.3 Å². The van der Waals surface area contributed by atoms with E-state index in [9.17, 15) is 14.7 Å². The predicted molar refractivity (Wildman–Crippen MR) is 54.3 cm³/mol. The normalized spacial score (nSPS) is 30.1. The number of rotatable bonds is 4. The van der Waals surface area contributed by atoms with Crippen molar-refractivity contribution in [3.63, 3.8) is 0 Å². The van der Waals surface area contributed by atoms with Crippen LogP contribution in [0.2, 0.25) is 0 Å². The maximum Gasteiger partial charge on any atom is 0.309 e. The molecule has 1 saturated carbocycles. The Hall–Kier alpha value is -1.06. The molecule has 1 aliphatic rings. The lowest BCUT2D eigenvalue weighted by molar-refractivity contribution is -0.150.